The van der Waals surface area contributed by atoms with E-state index in [1.165, 1.54) is 6.33 Å². The van der Waals surface area contributed by atoms with E-state index >= 15 is 0 Å². The maximum Gasteiger partial charge on any atom is 0.141 e. The molecule has 0 saturated carbocycles. The van der Waals surface area contributed by atoms with Crippen molar-refractivity contribution in [2.45, 2.75) is 26.4 Å². The Labute approximate surface area is 99.9 Å². The molecule has 0 spiro atoms. The smallest absolute Gasteiger partial charge is 0.141 e. The standard InChI is InChI=1S/C12H16N4O/c1-8-4-3-5-10(11(8)17)6-13-9(2)12-14-7-15-16-12/h3-5,7,9,13,17H,6H2,1-2H3,(H,14,15,16). The molecule has 0 fully saturated rings. The van der Waals surface area contributed by atoms with Gasteiger partial charge in [-0.1, -0.05) is 18.2 Å². The maximum absolute atomic E-state index is 9.87. The lowest BCUT2D eigenvalue weighted by atomic mass is 10.1. The number of nitrogens with zero attached hydrogens (tertiary/aromatic N) is 2. The molecule has 1 unspecified atom stereocenters. The number of para-hydroxylation sites is 1. The van der Waals surface area contributed by atoms with Crippen LogP contribution in [0.25, 0.3) is 0 Å². The van der Waals surface area contributed by atoms with E-state index in [9.17, 15) is 5.11 Å². The molecule has 1 aromatic heterocycles. The second kappa shape index (κ2) is 4.97. The van der Waals surface area contributed by atoms with Crippen LogP contribution in [-0.2, 0) is 6.54 Å². The SMILES string of the molecule is Cc1cccc(CNC(C)c2ncn[nH]2)c1O. The van der Waals surface area contributed by atoms with E-state index in [1.807, 2.05) is 32.0 Å². The molecule has 0 aliphatic heterocycles. The Morgan fingerprint density at radius 1 is 1.47 bits per heavy atom. The molecule has 90 valence electrons. The molecule has 1 heterocycles. The number of aromatic hydroxyl groups is 1. The monoisotopic (exact) mass is 232 g/mol. The number of aryl methyl sites for hydroxylation is 1. The van der Waals surface area contributed by atoms with E-state index in [-0.39, 0.29) is 6.04 Å². The molecular weight excluding hydrogens is 216 g/mol. The number of phenolic OH excluding ortho intramolecular Hbond substituents is 1. The highest BCUT2D eigenvalue weighted by molar-refractivity contribution is 5.39. The number of rotatable bonds is 4. The Morgan fingerprint density at radius 2 is 2.29 bits per heavy atom. The fourth-order valence-corrected chi connectivity index (χ4v) is 1.65. The number of nitrogens with one attached hydrogen (secondary N) is 2. The van der Waals surface area contributed by atoms with E-state index in [2.05, 4.69) is 20.5 Å². The molecule has 1 aromatic carbocycles. The summed E-state index contributed by atoms with van der Waals surface area (Å²) in [6.07, 6.45) is 1.48. The molecule has 0 radical (unpaired) electrons. The van der Waals surface area contributed by atoms with Gasteiger partial charge in [0.2, 0.25) is 0 Å². The molecule has 0 aliphatic rings. The maximum atomic E-state index is 9.87. The van der Waals surface area contributed by atoms with Gasteiger partial charge in [0.1, 0.15) is 17.9 Å². The van der Waals surface area contributed by atoms with E-state index in [1.54, 1.807) is 0 Å². The van der Waals surface area contributed by atoms with Crippen molar-refractivity contribution in [2.75, 3.05) is 0 Å². The van der Waals surface area contributed by atoms with Gasteiger partial charge in [-0.05, 0) is 19.4 Å². The molecule has 1 atom stereocenters. The van der Waals surface area contributed by atoms with Crippen LogP contribution in [0.1, 0.15) is 29.9 Å². The van der Waals surface area contributed by atoms with Crippen molar-refractivity contribution in [3.8, 4) is 5.75 Å². The van der Waals surface area contributed by atoms with Crippen molar-refractivity contribution in [3.05, 3.63) is 41.5 Å². The van der Waals surface area contributed by atoms with E-state index in [0.717, 1.165) is 17.0 Å². The largest absolute Gasteiger partial charge is 0.507 e. The van der Waals surface area contributed by atoms with Crippen LogP contribution in [-0.4, -0.2) is 20.3 Å². The highest BCUT2D eigenvalue weighted by Crippen LogP contribution is 2.21. The zero-order valence-electron chi connectivity index (χ0n) is 9.94. The Morgan fingerprint density at radius 3 is 3.00 bits per heavy atom. The van der Waals surface area contributed by atoms with Crippen molar-refractivity contribution >= 4 is 0 Å². The lowest BCUT2D eigenvalue weighted by Crippen LogP contribution is -2.19. The van der Waals surface area contributed by atoms with Gasteiger partial charge in [0, 0.05) is 12.1 Å². The summed E-state index contributed by atoms with van der Waals surface area (Å²) in [5.74, 6) is 1.14. The molecule has 2 rings (SSSR count). The molecule has 5 heteroatoms. The summed E-state index contributed by atoms with van der Waals surface area (Å²) in [6, 6.07) is 5.80. The van der Waals surface area contributed by atoms with E-state index in [0.29, 0.717) is 12.3 Å². The summed E-state index contributed by atoms with van der Waals surface area (Å²) < 4.78 is 0. The minimum Gasteiger partial charge on any atom is -0.507 e. The van der Waals surface area contributed by atoms with Crippen LogP contribution in [0.4, 0.5) is 0 Å². The summed E-state index contributed by atoms with van der Waals surface area (Å²) in [5.41, 5.74) is 1.77. The van der Waals surface area contributed by atoms with Crippen molar-refractivity contribution in [1.29, 1.82) is 0 Å². The van der Waals surface area contributed by atoms with Crippen molar-refractivity contribution < 1.29 is 5.11 Å². The highest BCUT2D eigenvalue weighted by atomic mass is 16.3. The van der Waals surface area contributed by atoms with Crippen molar-refractivity contribution in [3.63, 3.8) is 0 Å². The van der Waals surface area contributed by atoms with Gasteiger partial charge in [-0.2, -0.15) is 5.10 Å². The Hall–Kier alpha value is -1.88. The topological polar surface area (TPSA) is 73.8 Å². The summed E-state index contributed by atoms with van der Waals surface area (Å²) in [5, 5.41) is 19.8. The number of aromatic amines is 1. The van der Waals surface area contributed by atoms with Gasteiger partial charge in [-0.3, -0.25) is 5.10 Å². The van der Waals surface area contributed by atoms with Crippen LogP contribution in [0.15, 0.2) is 24.5 Å². The zero-order chi connectivity index (χ0) is 12.3. The van der Waals surface area contributed by atoms with Crippen molar-refractivity contribution in [2.24, 2.45) is 0 Å². The fraction of sp³-hybridized carbons (Fsp3) is 0.333. The van der Waals surface area contributed by atoms with Gasteiger partial charge in [0.05, 0.1) is 6.04 Å². The number of phenols is 1. The number of hydrogen-bond acceptors (Lipinski definition) is 4. The molecular formula is C12H16N4O. The third kappa shape index (κ3) is 2.62. The van der Waals surface area contributed by atoms with Crippen LogP contribution >= 0.6 is 0 Å². The first-order valence-electron chi connectivity index (χ1n) is 5.54. The predicted molar refractivity (Wildman–Crippen MR) is 64.5 cm³/mol. The third-order valence-corrected chi connectivity index (χ3v) is 2.76. The van der Waals surface area contributed by atoms with Gasteiger partial charge in [-0.15, -0.1) is 0 Å². The van der Waals surface area contributed by atoms with Crippen LogP contribution < -0.4 is 5.32 Å². The summed E-state index contributed by atoms with van der Waals surface area (Å²) >= 11 is 0. The summed E-state index contributed by atoms with van der Waals surface area (Å²) in [4.78, 5) is 4.08. The van der Waals surface area contributed by atoms with E-state index in [4.69, 9.17) is 0 Å². The van der Waals surface area contributed by atoms with Gasteiger partial charge >= 0.3 is 0 Å². The van der Waals surface area contributed by atoms with Crippen LogP contribution in [0.5, 0.6) is 5.75 Å². The first-order chi connectivity index (χ1) is 8.18. The quantitative estimate of drug-likeness (QED) is 0.749. The second-order valence-corrected chi connectivity index (χ2v) is 4.06. The number of aromatic nitrogens is 3. The Kier molecular flexibility index (Phi) is 3.39. The Bertz CT molecular complexity index is 481. The minimum atomic E-state index is 0.0670. The number of benzene rings is 1. The van der Waals surface area contributed by atoms with E-state index < -0.39 is 0 Å². The highest BCUT2D eigenvalue weighted by Gasteiger charge is 2.09. The molecule has 17 heavy (non-hydrogen) atoms. The fourth-order valence-electron chi connectivity index (χ4n) is 1.65. The lowest BCUT2D eigenvalue weighted by Gasteiger charge is -2.12. The molecule has 0 saturated heterocycles. The van der Waals surface area contributed by atoms with Gasteiger partial charge in [0.15, 0.2) is 0 Å². The normalized spacial score (nSPS) is 12.6. The number of hydrogen-bond donors (Lipinski definition) is 3. The van der Waals surface area contributed by atoms with Crippen LogP contribution in [0, 0.1) is 6.92 Å². The molecule has 0 aliphatic carbocycles. The van der Waals surface area contributed by atoms with Crippen molar-refractivity contribution in [1.82, 2.24) is 20.5 Å². The lowest BCUT2D eigenvalue weighted by molar-refractivity contribution is 0.454. The molecule has 0 bridgehead atoms. The number of H-pyrrole nitrogens is 1. The molecule has 0 amide bonds. The Balaban J connectivity index is 2.00. The predicted octanol–water partition coefficient (Wildman–Crippen LogP) is 1.67. The average molecular weight is 232 g/mol. The minimum absolute atomic E-state index is 0.0670. The summed E-state index contributed by atoms with van der Waals surface area (Å²) in [6.45, 7) is 4.47. The zero-order valence-corrected chi connectivity index (χ0v) is 9.94. The first-order valence-corrected chi connectivity index (χ1v) is 5.54. The summed E-state index contributed by atoms with van der Waals surface area (Å²) in [7, 11) is 0. The van der Waals surface area contributed by atoms with Gasteiger partial charge < -0.3 is 10.4 Å². The second-order valence-electron chi connectivity index (χ2n) is 4.06. The van der Waals surface area contributed by atoms with Crippen LogP contribution in [0.3, 0.4) is 0 Å². The van der Waals surface area contributed by atoms with Gasteiger partial charge in [0.25, 0.3) is 0 Å². The molecule has 3 N–H and O–H groups in total. The molecule has 5 nitrogen and oxygen atoms in total. The third-order valence-electron chi connectivity index (χ3n) is 2.76. The molecule has 2 aromatic rings. The van der Waals surface area contributed by atoms with Crippen LogP contribution in [0.2, 0.25) is 0 Å². The van der Waals surface area contributed by atoms with Gasteiger partial charge in [-0.25, -0.2) is 4.98 Å². The average Bonchev–Trinajstić information content (AvgIpc) is 2.84. The first kappa shape index (κ1) is 11.6.